The number of likely N-dealkylation sites (N-methyl/N-ethyl adjacent to an activating group) is 1. The number of rotatable bonds is 4. The van der Waals surface area contributed by atoms with Crippen molar-refractivity contribution in [1.82, 2.24) is 15.5 Å². The van der Waals surface area contributed by atoms with Crippen LogP contribution in [0.5, 0.6) is 0 Å². The zero-order valence-electron chi connectivity index (χ0n) is 12.1. The van der Waals surface area contributed by atoms with Gasteiger partial charge in [0.05, 0.1) is 6.61 Å². The van der Waals surface area contributed by atoms with Crippen molar-refractivity contribution in [1.29, 1.82) is 0 Å². The van der Waals surface area contributed by atoms with Crippen LogP contribution < -0.4 is 10.6 Å². The Morgan fingerprint density at radius 2 is 2.25 bits per heavy atom. The van der Waals surface area contributed by atoms with Crippen LogP contribution in [0.25, 0.3) is 0 Å². The second kappa shape index (κ2) is 10.6. The van der Waals surface area contributed by atoms with E-state index in [-0.39, 0.29) is 36.8 Å². The smallest absolute Gasteiger partial charge is 0.250 e. The molecule has 0 aliphatic carbocycles. The molecule has 0 spiro atoms. The molecule has 5 nitrogen and oxygen atoms in total. The fraction of sp³-hybridized carbons (Fsp3) is 0.923. The highest BCUT2D eigenvalue weighted by molar-refractivity contribution is 5.85. The van der Waals surface area contributed by atoms with E-state index in [4.69, 9.17) is 4.74 Å². The van der Waals surface area contributed by atoms with Crippen LogP contribution >= 0.6 is 24.8 Å². The fourth-order valence-electron chi connectivity index (χ4n) is 2.61. The Bertz CT molecular complexity index is 276. The van der Waals surface area contributed by atoms with E-state index in [0.29, 0.717) is 12.5 Å². The van der Waals surface area contributed by atoms with Gasteiger partial charge in [-0.3, -0.25) is 9.69 Å². The molecule has 20 heavy (non-hydrogen) atoms. The summed E-state index contributed by atoms with van der Waals surface area (Å²) < 4.78 is 5.54. The van der Waals surface area contributed by atoms with E-state index < -0.39 is 0 Å². The molecule has 0 bridgehead atoms. The van der Waals surface area contributed by atoms with Gasteiger partial charge in [-0.25, -0.2) is 0 Å². The lowest BCUT2D eigenvalue weighted by Gasteiger charge is -2.31. The van der Waals surface area contributed by atoms with Crippen molar-refractivity contribution in [2.24, 2.45) is 5.92 Å². The molecule has 2 unspecified atom stereocenters. The van der Waals surface area contributed by atoms with E-state index in [0.717, 1.165) is 39.3 Å². The number of carbonyl (C=O) groups is 1. The monoisotopic (exact) mass is 327 g/mol. The first kappa shape index (κ1) is 19.9. The summed E-state index contributed by atoms with van der Waals surface area (Å²) in [4.78, 5) is 14.3. The summed E-state index contributed by atoms with van der Waals surface area (Å²) in [6, 6.07) is 0. The third-order valence-corrected chi connectivity index (χ3v) is 3.85. The number of nitrogens with one attached hydrogen (secondary N) is 2. The van der Waals surface area contributed by atoms with E-state index in [1.165, 1.54) is 12.8 Å². The van der Waals surface area contributed by atoms with Crippen LogP contribution in [0.15, 0.2) is 0 Å². The van der Waals surface area contributed by atoms with Gasteiger partial charge in [-0.05, 0) is 38.4 Å². The number of nitrogens with zero attached hydrogens (tertiary/aromatic N) is 1. The van der Waals surface area contributed by atoms with Crippen molar-refractivity contribution >= 4 is 30.7 Å². The van der Waals surface area contributed by atoms with E-state index in [2.05, 4.69) is 22.5 Å². The van der Waals surface area contributed by atoms with Crippen LogP contribution in [0.1, 0.15) is 19.8 Å². The minimum absolute atomic E-state index is 0. The molecule has 0 radical (unpaired) electrons. The van der Waals surface area contributed by atoms with Crippen molar-refractivity contribution in [3.63, 3.8) is 0 Å². The zero-order chi connectivity index (χ0) is 12.8. The second-order valence-electron chi connectivity index (χ2n) is 5.21. The van der Waals surface area contributed by atoms with Crippen LogP contribution in [0.3, 0.4) is 0 Å². The quantitative estimate of drug-likeness (QED) is 0.796. The van der Waals surface area contributed by atoms with Gasteiger partial charge >= 0.3 is 0 Å². The molecule has 2 aliphatic heterocycles. The molecule has 0 aromatic carbocycles. The van der Waals surface area contributed by atoms with E-state index in [1.54, 1.807) is 0 Å². The highest BCUT2D eigenvalue weighted by Crippen LogP contribution is 2.09. The Hall–Kier alpha value is -0.0700. The van der Waals surface area contributed by atoms with E-state index >= 15 is 0 Å². The number of morpholine rings is 1. The number of halogens is 2. The van der Waals surface area contributed by atoms with Crippen molar-refractivity contribution in [2.45, 2.75) is 25.9 Å². The third-order valence-electron chi connectivity index (χ3n) is 3.85. The molecule has 2 fully saturated rings. The van der Waals surface area contributed by atoms with Gasteiger partial charge in [-0.2, -0.15) is 0 Å². The zero-order valence-corrected chi connectivity index (χ0v) is 13.7. The molecule has 2 N–H and O–H groups in total. The number of ether oxygens (including phenoxy) is 1. The molecule has 0 saturated carbocycles. The minimum atomic E-state index is -0.282. The van der Waals surface area contributed by atoms with Gasteiger partial charge in [0.2, 0.25) is 5.91 Å². The van der Waals surface area contributed by atoms with E-state index in [9.17, 15) is 4.79 Å². The third kappa shape index (κ3) is 6.14. The van der Waals surface area contributed by atoms with Gasteiger partial charge in [0.25, 0.3) is 0 Å². The Labute approximate surface area is 134 Å². The predicted octanol–water partition coefficient (Wildman–Crippen LogP) is 0.666. The summed E-state index contributed by atoms with van der Waals surface area (Å²) >= 11 is 0. The van der Waals surface area contributed by atoms with Crippen molar-refractivity contribution in [3.8, 4) is 0 Å². The van der Waals surface area contributed by atoms with Crippen LogP contribution in [0, 0.1) is 5.92 Å². The summed E-state index contributed by atoms with van der Waals surface area (Å²) in [5.41, 5.74) is 0. The molecule has 2 rings (SSSR count). The first-order valence-corrected chi connectivity index (χ1v) is 7.12. The topological polar surface area (TPSA) is 53.6 Å². The van der Waals surface area contributed by atoms with Gasteiger partial charge in [0.1, 0.15) is 6.10 Å². The molecule has 2 saturated heterocycles. The molecule has 120 valence electrons. The number of hydrogen-bond donors (Lipinski definition) is 2. The van der Waals surface area contributed by atoms with Crippen LogP contribution in [-0.4, -0.2) is 62.8 Å². The predicted molar refractivity (Wildman–Crippen MR) is 85.0 cm³/mol. The lowest BCUT2D eigenvalue weighted by molar-refractivity contribution is -0.138. The summed E-state index contributed by atoms with van der Waals surface area (Å²) in [6.45, 7) is 8.34. The minimum Gasteiger partial charge on any atom is -0.366 e. The Balaban J connectivity index is 0.00000180. The maximum Gasteiger partial charge on any atom is 0.250 e. The average Bonchev–Trinajstić information content (AvgIpc) is 2.46. The van der Waals surface area contributed by atoms with Gasteiger partial charge in [0.15, 0.2) is 0 Å². The molecule has 2 aliphatic rings. The number of hydrogen-bond acceptors (Lipinski definition) is 4. The fourth-order valence-corrected chi connectivity index (χ4v) is 2.61. The summed E-state index contributed by atoms with van der Waals surface area (Å²) in [5.74, 6) is 0.632. The molecule has 0 aromatic rings. The molecule has 1 amide bonds. The second-order valence-corrected chi connectivity index (χ2v) is 5.21. The normalized spacial score (nSPS) is 27.1. The number of amides is 1. The van der Waals surface area contributed by atoms with Crippen LogP contribution in [-0.2, 0) is 9.53 Å². The lowest BCUT2D eigenvalue weighted by Crippen LogP contribution is -2.50. The first-order chi connectivity index (χ1) is 8.79. The molecule has 2 atom stereocenters. The maximum absolute atomic E-state index is 12.0. The largest absolute Gasteiger partial charge is 0.366 e. The Morgan fingerprint density at radius 3 is 2.90 bits per heavy atom. The lowest BCUT2D eigenvalue weighted by atomic mass is 10.00. The van der Waals surface area contributed by atoms with Gasteiger partial charge in [-0.15, -0.1) is 24.8 Å². The van der Waals surface area contributed by atoms with Crippen LogP contribution in [0.4, 0.5) is 0 Å². The van der Waals surface area contributed by atoms with Crippen molar-refractivity contribution in [2.75, 3.05) is 45.9 Å². The van der Waals surface area contributed by atoms with Gasteiger partial charge in [0, 0.05) is 19.6 Å². The highest BCUT2D eigenvalue weighted by Gasteiger charge is 2.26. The molecule has 7 heteroatoms. The SMILES string of the molecule is CCN1CCOC(C(=O)NCC2CCCNC2)C1.Cl.Cl. The molecular formula is C13H27Cl2N3O2. The van der Waals surface area contributed by atoms with Crippen molar-refractivity contribution < 1.29 is 9.53 Å². The summed E-state index contributed by atoms with van der Waals surface area (Å²) in [5, 5.41) is 6.40. The molecular weight excluding hydrogens is 301 g/mol. The van der Waals surface area contributed by atoms with Gasteiger partial charge in [-0.1, -0.05) is 6.92 Å². The summed E-state index contributed by atoms with van der Waals surface area (Å²) in [7, 11) is 0. The van der Waals surface area contributed by atoms with E-state index in [1.807, 2.05) is 0 Å². The number of carbonyl (C=O) groups excluding carboxylic acids is 1. The summed E-state index contributed by atoms with van der Waals surface area (Å²) in [6.07, 6.45) is 2.14. The van der Waals surface area contributed by atoms with Crippen LogP contribution in [0.2, 0.25) is 0 Å². The number of piperidine rings is 1. The Morgan fingerprint density at radius 1 is 1.45 bits per heavy atom. The molecule has 2 heterocycles. The molecule has 0 aromatic heterocycles. The average molecular weight is 328 g/mol. The Kier molecular flexibility index (Phi) is 10.6. The van der Waals surface area contributed by atoms with Crippen molar-refractivity contribution in [3.05, 3.63) is 0 Å². The standard InChI is InChI=1S/C13H25N3O2.2ClH/c1-2-16-6-7-18-12(10-16)13(17)15-9-11-4-3-5-14-8-11;;/h11-12,14H,2-10H2,1H3,(H,15,17);2*1H. The maximum atomic E-state index is 12.0. The highest BCUT2D eigenvalue weighted by atomic mass is 35.5. The first-order valence-electron chi connectivity index (χ1n) is 7.12. The van der Waals surface area contributed by atoms with Gasteiger partial charge < -0.3 is 15.4 Å².